The van der Waals surface area contributed by atoms with Gasteiger partial charge in [0.25, 0.3) is 5.91 Å². The summed E-state index contributed by atoms with van der Waals surface area (Å²) in [5, 5.41) is 3.06. The van der Waals surface area contributed by atoms with Crippen molar-refractivity contribution >= 4 is 40.5 Å². The van der Waals surface area contributed by atoms with Gasteiger partial charge in [-0.25, -0.2) is 4.99 Å². The largest absolute Gasteiger partial charge is 0.376 e. The van der Waals surface area contributed by atoms with E-state index in [4.69, 9.17) is 17.0 Å². The number of ether oxygens (including phenoxy) is 1. The second-order valence-corrected chi connectivity index (χ2v) is 6.98. The van der Waals surface area contributed by atoms with E-state index in [1.54, 1.807) is 18.2 Å². The lowest BCUT2D eigenvalue weighted by molar-refractivity contribution is -0.119. The zero-order valence-electron chi connectivity index (χ0n) is 14.6. The van der Waals surface area contributed by atoms with E-state index in [-0.39, 0.29) is 23.0 Å². The molecule has 7 heteroatoms. The molecular weight excluding hydrogens is 362 g/mol. The Hall–Kier alpha value is -2.64. The van der Waals surface area contributed by atoms with Crippen molar-refractivity contribution in [2.24, 2.45) is 10.9 Å². The van der Waals surface area contributed by atoms with Crippen LogP contribution in [0.25, 0.3) is 0 Å². The van der Waals surface area contributed by atoms with Gasteiger partial charge in [0, 0.05) is 18.7 Å². The number of amides is 2. The number of anilines is 1. The van der Waals surface area contributed by atoms with Gasteiger partial charge in [-0.1, -0.05) is 30.4 Å². The molecule has 6 nitrogen and oxygen atoms in total. The normalized spacial score (nSPS) is 24.4. The molecule has 0 radical (unpaired) electrons. The quantitative estimate of drug-likeness (QED) is 0.812. The Balaban J connectivity index is 1.51. The molecule has 1 aliphatic carbocycles. The molecule has 1 N–H and O–H groups in total. The first-order chi connectivity index (χ1) is 13.1. The van der Waals surface area contributed by atoms with Crippen molar-refractivity contribution < 1.29 is 14.3 Å². The second kappa shape index (κ2) is 7.54. The van der Waals surface area contributed by atoms with Crippen LogP contribution in [0.3, 0.4) is 0 Å². The van der Waals surface area contributed by atoms with Crippen LogP contribution < -0.4 is 10.2 Å². The highest BCUT2D eigenvalue weighted by molar-refractivity contribution is 7.80. The van der Waals surface area contributed by atoms with Gasteiger partial charge in [-0.15, -0.1) is 0 Å². The molecule has 4 rings (SSSR count). The summed E-state index contributed by atoms with van der Waals surface area (Å²) in [6, 6.07) is 9.20. The molecule has 1 fully saturated rings. The Labute approximate surface area is 162 Å². The summed E-state index contributed by atoms with van der Waals surface area (Å²) in [4.78, 5) is 31.2. The van der Waals surface area contributed by atoms with Crippen LogP contribution in [0, 0.1) is 5.92 Å². The van der Waals surface area contributed by atoms with Crippen molar-refractivity contribution in [1.82, 2.24) is 5.32 Å². The number of hydrogen-bond donors (Lipinski definition) is 1. The van der Waals surface area contributed by atoms with Crippen molar-refractivity contribution in [2.75, 3.05) is 18.1 Å². The predicted molar refractivity (Wildman–Crippen MR) is 107 cm³/mol. The first kappa shape index (κ1) is 17.8. The summed E-state index contributed by atoms with van der Waals surface area (Å²) in [6.07, 6.45) is 7.09. The van der Waals surface area contributed by atoms with E-state index >= 15 is 0 Å². The third-order valence-corrected chi connectivity index (χ3v) is 5.06. The van der Waals surface area contributed by atoms with Crippen molar-refractivity contribution in [2.45, 2.75) is 18.9 Å². The zero-order chi connectivity index (χ0) is 18.8. The third kappa shape index (κ3) is 3.61. The van der Waals surface area contributed by atoms with Gasteiger partial charge in [-0.3, -0.25) is 14.5 Å². The number of carbonyl (C=O) groups is 2. The average molecular weight is 381 g/mol. The van der Waals surface area contributed by atoms with Crippen molar-refractivity contribution in [3.63, 3.8) is 0 Å². The summed E-state index contributed by atoms with van der Waals surface area (Å²) in [5.41, 5.74) is 1.65. The Morgan fingerprint density at radius 2 is 2.15 bits per heavy atom. The highest BCUT2D eigenvalue weighted by Gasteiger charge is 2.36. The maximum atomic E-state index is 12.9. The van der Waals surface area contributed by atoms with Gasteiger partial charge in [-0.05, 0) is 43.3 Å². The first-order valence-corrected chi connectivity index (χ1v) is 9.35. The maximum Gasteiger partial charge on any atom is 0.251 e. The number of fused-ring (bicyclic) bond motifs is 1. The Morgan fingerprint density at radius 1 is 1.33 bits per heavy atom. The number of para-hydroxylation sites is 1. The van der Waals surface area contributed by atoms with Crippen molar-refractivity contribution in [1.29, 1.82) is 0 Å². The lowest BCUT2D eigenvalue weighted by Gasteiger charge is -2.30. The topological polar surface area (TPSA) is 71.0 Å². The number of nitrogens with one attached hydrogen (secondary N) is 1. The second-order valence-electron chi connectivity index (χ2n) is 6.61. The van der Waals surface area contributed by atoms with Gasteiger partial charge in [0.1, 0.15) is 0 Å². The molecule has 138 valence electrons. The summed E-state index contributed by atoms with van der Waals surface area (Å²) in [5.74, 6) is -0.902. The maximum absolute atomic E-state index is 12.9. The molecule has 3 aliphatic rings. The van der Waals surface area contributed by atoms with E-state index < -0.39 is 5.92 Å². The molecule has 27 heavy (non-hydrogen) atoms. The van der Waals surface area contributed by atoms with E-state index in [1.165, 1.54) is 4.90 Å². The van der Waals surface area contributed by atoms with E-state index in [0.717, 1.165) is 19.4 Å². The summed E-state index contributed by atoms with van der Waals surface area (Å²) in [6.45, 7) is 1.23. The van der Waals surface area contributed by atoms with Crippen molar-refractivity contribution in [3.05, 3.63) is 54.1 Å². The molecule has 2 amide bonds. The molecule has 0 bridgehead atoms. The minimum absolute atomic E-state index is 0.0791. The van der Waals surface area contributed by atoms with Crippen LogP contribution in [0.5, 0.6) is 0 Å². The molecule has 2 atom stereocenters. The van der Waals surface area contributed by atoms with Gasteiger partial charge in [-0.2, -0.15) is 0 Å². The fraction of sp³-hybridized carbons (Fsp3) is 0.300. The predicted octanol–water partition coefficient (Wildman–Crippen LogP) is 2.17. The SMILES string of the molecule is O=C(NCC1CCCO1)C1=CC2=NC(=S)N(c3ccccc3)C(=O)C2C=C1. The summed E-state index contributed by atoms with van der Waals surface area (Å²) < 4.78 is 5.52. The number of allylic oxidation sites excluding steroid dienone is 1. The summed E-state index contributed by atoms with van der Waals surface area (Å²) >= 11 is 5.33. The number of nitrogens with zero attached hydrogens (tertiary/aromatic N) is 2. The Bertz CT molecular complexity index is 870. The Morgan fingerprint density at radius 3 is 2.89 bits per heavy atom. The van der Waals surface area contributed by atoms with Gasteiger partial charge >= 0.3 is 0 Å². The first-order valence-electron chi connectivity index (χ1n) is 8.95. The number of carbonyl (C=O) groups excluding carboxylic acids is 2. The molecule has 1 aromatic carbocycles. The Kier molecular flexibility index (Phi) is 4.96. The molecular formula is C20H19N3O3S. The molecule has 0 aromatic heterocycles. The minimum atomic E-state index is -0.536. The number of thiocarbonyl (C=S) groups is 1. The van der Waals surface area contributed by atoms with Crippen LogP contribution in [0.15, 0.2) is 59.1 Å². The number of benzene rings is 1. The standard InChI is InChI=1S/C20H19N3O3S/c24-18(21-12-15-7-4-10-26-15)13-8-9-16-17(11-13)22-20(27)23(19(16)25)14-5-2-1-3-6-14/h1-3,5-6,8-9,11,15-16H,4,7,10,12H2,(H,21,24). The number of hydrogen-bond acceptors (Lipinski definition) is 4. The highest BCUT2D eigenvalue weighted by Crippen LogP contribution is 2.26. The van der Waals surface area contributed by atoms with E-state index in [2.05, 4.69) is 10.3 Å². The van der Waals surface area contributed by atoms with E-state index in [0.29, 0.717) is 23.5 Å². The van der Waals surface area contributed by atoms with Crippen LogP contribution in [0.4, 0.5) is 5.69 Å². The van der Waals surface area contributed by atoms with Crippen molar-refractivity contribution in [3.8, 4) is 0 Å². The van der Waals surface area contributed by atoms with Crippen LogP contribution in [0.2, 0.25) is 0 Å². The van der Waals surface area contributed by atoms with E-state index in [9.17, 15) is 9.59 Å². The van der Waals surface area contributed by atoms with Gasteiger partial charge < -0.3 is 10.1 Å². The lowest BCUT2D eigenvalue weighted by Crippen LogP contribution is -2.46. The highest BCUT2D eigenvalue weighted by atomic mass is 32.1. The number of rotatable bonds is 4. The lowest BCUT2D eigenvalue weighted by atomic mass is 9.91. The third-order valence-electron chi connectivity index (χ3n) is 4.78. The fourth-order valence-corrected chi connectivity index (χ4v) is 3.67. The minimum Gasteiger partial charge on any atom is -0.376 e. The van der Waals surface area contributed by atoms with Gasteiger partial charge in [0.15, 0.2) is 0 Å². The molecule has 1 aromatic rings. The fourth-order valence-electron chi connectivity index (χ4n) is 3.37. The summed E-state index contributed by atoms with van der Waals surface area (Å²) in [7, 11) is 0. The van der Waals surface area contributed by atoms with E-state index in [1.807, 2.05) is 30.3 Å². The molecule has 0 saturated carbocycles. The van der Waals surface area contributed by atoms with Crippen LogP contribution in [0.1, 0.15) is 12.8 Å². The molecule has 0 spiro atoms. The smallest absolute Gasteiger partial charge is 0.251 e. The zero-order valence-corrected chi connectivity index (χ0v) is 15.4. The average Bonchev–Trinajstić information content (AvgIpc) is 3.20. The van der Waals surface area contributed by atoms with Gasteiger partial charge in [0.2, 0.25) is 11.0 Å². The molecule has 2 unspecified atom stereocenters. The van der Waals surface area contributed by atoms with Crippen LogP contribution in [-0.2, 0) is 14.3 Å². The monoisotopic (exact) mass is 381 g/mol. The van der Waals surface area contributed by atoms with Crippen LogP contribution in [-0.4, -0.2) is 41.9 Å². The molecule has 1 saturated heterocycles. The van der Waals surface area contributed by atoms with Crippen LogP contribution >= 0.6 is 12.2 Å². The molecule has 2 heterocycles. The van der Waals surface area contributed by atoms with Gasteiger partial charge in [0.05, 0.1) is 23.4 Å². The number of aliphatic imine (C=N–C) groups is 1. The molecule has 2 aliphatic heterocycles.